The number of hydrogen-bond donors (Lipinski definition) is 0. The van der Waals surface area contributed by atoms with Crippen LogP contribution in [-0.4, -0.2) is 41.8 Å². The van der Waals surface area contributed by atoms with Crippen molar-refractivity contribution in [3.8, 4) is 0 Å². The fourth-order valence-electron chi connectivity index (χ4n) is 0.467. The smallest absolute Gasteiger partial charge is 0.256 e. The van der Waals surface area contributed by atoms with E-state index in [0.29, 0.717) is 0 Å². The van der Waals surface area contributed by atoms with Crippen molar-refractivity contribution in [1.29, 1.82) is 0 Å². The van der Waals surface area contributed by atoms with Crippen LogP contribution in [0.25, 0.3) is 0 Å². The molecule has 0 heterocycles. The van der Waals surface area contributed by atoms with E-state index < -0.39 is 24.9 Å². The van der Waals surface area contributed by atoms with Gasteiger partial charge >= 0.3 is 18.3 Å². The lowest BCUT2D eigenvalue weighted by Gasteiger charge is -2.05. The Morgan fingerprint density at radius 2 is 1.27 bits per heavy atom. The molecule has 0 unspecified atom stereocenters. The summed E-state index contributed by atoms with van der Waals surface area (Å²) in [7, 11) is -9.55. The highest BCUT2D eigenvalue weighted by Gasteiger charge is 2.31. The van der Waals surface area contributed by atoms with E-state index in [9.17, 15) is 16.8 Å². The van der Waals surface area contributed by atoms with Crippen molar-refractivity contribution in [3.05, 3.63) is 0 Å². The van der Waals surface area contributed by atoms with Gasteiger partial charge in [0.1, 0.15) is 0 Å². The topological polar surface area (TPSA) is 86.7 Å². The van der Waals surface area contributed by atoms with Gasteiger partial charge < -0.3 is 0 Å². The van der Waals surface area contributed by atoms with Crippen molar-refractivity contribution in [2.75, 3.05) is 25.0 Å². The lowest BCUT2D eigenvalue weighted by Crippen LogP contribution is -2.22. The van der Waals surface area contributed by atoms with Crippen molar-refractivity contribution in [1.82, 2.24) is 0 Å². The van der Waals surface area contributed by atoms with Crippen LogP contribution in [0, 0.1) is 0 Å². The van der Waals surface area contributed by atoms with Crippen LogP contribution in [0.2, 0.25) is 0 Å². The minimum atomic E-state index is -4.78. The molecule has 0 fully saturated rings. The molecule has 0 amide bonds. The molecule has 0 bridgehead atoms. The number of hydrogen-bond acceptors (Lipinski definition) is 6. The van der Waals surface area contributed by atoms with Crippen LogP contribution in [0.1, 0.15) is 6.42 Å². The SMILES string of the molecule is O=S(=O)(OCCCl)S(=O)(=O)OCCCCl. The van der Waals surface area contributed by atoms with Crippen molar-refractivity contribution in [2.45, 2.75) is 6.42 Å². The molecule has 92 valence electrons. The number of rotatable bonds is 8. The van der Waals surface area contributed by atoms with Crippen molar-refractivity contribution < 1.29 is 25.2 Å². The van der Waals surface area contributed by atoms with Gasteiger partial charge in [-0.3, -0.25) is 8.37 Å². The quantitative estimate of drug-likeness (QED) is 0.368. The van der Waals surface area contributed by atoms with Crippen LogP contribution in [-0.2, 0) is 26.7 Å². The van der Waals surface area contributed by atoms with Gasteiger partial charge in [0.25, 0.3) is 0 Å². The Morgan fingerprint density at radius 3 is 1.67 bits per heavy atom. The minimum absolute atomic E-state index is 0.142. The zero-order valence-corrected chi connectivity index (χ0v) is 10.7. The maximum Gasteiger partial charge on any atom is 0.400 e. The van der Waals surface area contributed by atoms with E-state index in [2.05, 4.69) is 8.37 Å². The average Bonchev–Trinajstić information content (AvgIpc) is 2.15. The van der Waals surface area contributed by atoms with Crippen LogP contribution in [0.15, 0.2) is 0 Å². The van der Waals surface area contributed by atoms with E-state index in [4.69, 9.17) is 23.2 Å². The summed E-state index contributed by atoms with van der Waals surface area (Å²) in [6.45, 7) is -0.739. The summed E-state index contributed by atoms with van der Waals surface area (Å²) in [6, 6.07) is 0. The average molecular weight is 301 g/mol. The normalized spacial score (nSPS) is 12.9. The summed E-state index contributed by atoms with van der Waals surface area (Å²) in [5.41, 5.74) is 0. The van der Waals surface area contributed by atoms with Crippen LogP contribution in [0.4, 0.5) is 0 Å². The summed E-state index contributed by atoms with van der Waals surface area (Å²) in [6.07, 6.45) is 0.214. The first-order chi connectivity index (χ1) is 6.87. The summed E-state index contributed by atoms with van der Waals surface area (Å²) < 4.78 is 52.2. The van der Waals surface area contributed by atoms with Crippen molar-refractivity contribution >= 4 is 41.5 Å². The van der Waals surface area contributed by atoms with E-state index in [1.54, 1.807) is 0 Å². The Kier molecular flexibility index (Phi) is 7.05. The van der Waals surface area contributed by atoms with Crippen LogP contribution in [0.5, 0.6) is 0 Å². The minimum Gasteiger partial charge on any atom is -0.256 e. The van der Waals surface area contributed by atoms with Gasteiger partial charge in [-0.25, -0.2) is 0 Å². The molecule has 0 rings (SSSR count). The van der Waals surface area contributed by atoms with Gasteiger partial charge in [0, 0.05) is 11.8 Å². The summed E-state index contributed by atoms with van der Waals surface area (Å²) >= 11 is 10.4. The monoisotopic (exact) mass is 300 g/mol. The summed E-state index contributed by atoms with van der Waals surface area (Å²) in [5, 5.41) is 0. The molecule has 0 aliphatic carbocycles. The number of alkyl halides is 2. The van der Waals surface area contributed by atoms with Gasteiger partial charge in [0.05, 0.1) is 13.2 Å². The maximum absolute atomic E-state index is 11.0. The third kappa shape index (κ3) is 5.32. The Hall–Kier alpha value is 0.400. The third-order valence-electron chi connectivity index (χ3n) is 1.06. The summed E-state index contributed by atoms with van der Waals surface area (Å²) in [5.74, 6) is 0.0224. The lowest BCUT2D eigenvalue weighted by molar-refractivity contribution is 0.310. The fourth-order valence-corrected chi connectivity index (χ4v) is 2.71. The van der Waals surface area contributed by atoms with Crippen molar-refractivity contribution in [2.24, 2.45) is 0 Å². The van der Waals surface area contributed by atoms with E-state index in [-0.39, 0.29) is 24.8 Å². The Morgan fingerprint density at radius 1 is 0.800 bits per heavy atom. The fraction of sp³-hybridized carbons (Fsp3) is 1.00. The van der Waals surface area contributed by atoms with Gasteiger partial charge in [-0.05, 0) is 6.42 Å². The van der Waals surface area contributed by atoms with Gasteiger partial charge in [0.15, 0.2) is 0 Å². The van der Waals surface area contributed by atoms with Crippen LogP contribution >= 0.6 is 23.2 Å². The molecule has 6 nitrogen and oxygen atoms in total. The first-order valence-electron chi connectivity index (χ1n) is 3.78. The zero-order valence-electron chi connectivity index (χ0n) is 7.56. The molecule has 0 aromatic carbocycles. The molecule has 10 heteroatoms. The Labute approximate surface area is 98.1 Å². The van der Waals surface area contributed by atoms with E-state index in [0.717, 1.165) is 0 Å². The first-order valence-corrected chi connectivity index (χ1v) is 8.18. The molecule has 0 atom stereocenters. The molecule has 0 N–H and O–H groups in total. The van der Waals surface area contributed by atoms with E-state index in [1.165, 1.54) is 0 Å². The predicted octanol–water partition coefficient (Wildman–Crippen LogP) is 0.462. The molecule has 0 aliphatic rings. The van der Waals surface area contributed by atoms with Gasteiger partial charge in [0.2, 0.25) is 0 Å². The molecular formula is C5H10Cl2O6S2. The lowest BCUT2D eigenvalue weighted by atomic mass is 10.5. The largest absolute Gasteiger partial charge is 0.400 e. The second-order valence-electron chi connectivity index (χ2n) is 2.19. The highest BCUT2D eigenvalue weighted by atomic mass is 35.5. The molecule has 0 aromatic heterocycles. The molecule has 0 saturated heterocycles. The third-order valence-corrected chi connectivity index (χ3v) is 4.97. The van der Waals surface area contributed by atoms with E-state index >= 15 is 0 Å². The second-order valence-corrected chi connectivity index (χ2v) is 7.50. The molecule has 15 heavy (non-hydrogen) atoms. The molecule has 0 radical (unpaired) electrons. The van der Waals surface area contributed by atoms with Crippen molar-refractivity contribution in [3.63, 3.8) is 0 Å². The molecule has 0 saturated carbocycles. The highest BCUT2D eigenvalue weighted by molar-refractivity contribution is 8.63. The summed E-state index contributed by atoms with van der Waals surface area (Å²) in [4.78, 5) is 0. The molecular weight excluding hydrogens is 291 g/mol. The maximum atomic E-state index is 11.0. The Balaban J connectivity index is 4.44. The van der Waals surface area contributed by atoms with Gasteiger partial charge in [-0.2, -0.15) is 16.8 Å². The number of halogens is 2. The van der Waals surface area contributed by atoms with Crippen LogP contribution < -0.4 is 0 Å². The molecule has 0 aliphatic heterocycles. The Bertz CT molecular complexity index is 361. The molecule has 0 spiro atoms. The van der Waals surface area contributed by atoms with Crippen LogP contribution in [0.3, 0.4) is 0 Å². The van der Waals surface area contributed by atoms with Gasteiger partial charge in [-0.1, -0.05) is 0 Å². The predicted molar refractivity (Wildman–Crippen MR) is 55.8 cm³/mol. The zero-order chi connectivity index (χ0) is 11.9. The first kappa shape index (κ1) is 15.4. The second kappa shape index (κ2) is 6.87. The highest BCUT2D eigenvalue weighted by Crippen LogP contribution is 2.08. The molecule has 0 aromatic rings. The van der Waals surface area contributed by atoms with E-state index in [1.807, 2.05) is 0 Å². The standard InChI is InChI=1S/C5H10Cl2O6S2/c6-2-1-4-12-14(8,9)15(10,11)13-5-3-7/h1-5H2. The van der Waals surface area contributed by atoms with Gasteiger partial charge in [-0.15, -0.1) is 23.2 Å².